The molecule has 0 saturated carbocycles. The zero-order valence-corrected chi connectivity index (χ0v) is 24.4. The van der Waals surface area contributed by atoms with Crippen molar-refractivity contribution in [1.29, 1.82) is 0 Å². The van der Waals surface area contributed by atoms with Gasteiger partial charge in [0.1, 0.15) is 23.9 Å². The second-order valence-electron chi connectivity index (χ2n) is 9.97. The van der Waals surface area contributed by atoms with Gasteiger partial charge in [-0.3, -0.25) is 0 Å². The van der Waals surface area contributed by atoms with Crippen LogP contribution in [0.15, 0.2) is 66.7 Å². The van der Waals surface area contributed by atoms with Crippen LogP contribution < -0.4 is 9.47 Å². The predicted octanol–water partition coefficient (Wildman–Crippen LogP) is 7.96. The minimum atomic E-state index is 0.527. The maximum Gasteiger partial charge on any atom is 0.121 e. The Balaban J connectivity index is 1.37. The molecule has 0 atom stereocenters. The van der Waals surface area contributed by atoms with E-state index in [0.29, 0.717) is 6.61 Å². The number of unbranched alkanes of at least 4 members (excludes halogenated alkanes) is 1. The molecule has 39 heavy (non-hydrogen) atoms. The van der Waals surface area contributed by atoms with E-state index >= 15 is 0 Å². The van der Waals surface area contributed by atoms with Crippen molar-refractivity contribution < 1.29 is 9.47 Å². The summed E-state index contributed by atoms with van der Waals surface area (Å²) in [6, 6.07) is 22.5. The SMILES string of the molecule is CCCCn1c(CCc2ccc(OCc3ccc(Cl)cc3)cc2)nc2ccc(OCCCN(CC)CC)cc21. The van der Waals surface area contributed by atoms with Crippen LogP contribution in [0.3, 0.4) is 0 Å². The number of fused-ring (bicyclic) bond motifs is 1. The van der Waals surface area contributed by atoms with Crippen molar-refractivity contribution in [2.45, 2.75) is 66.0 Å². The van der Waals surface area contributed by atoms with Crippen LogP contribution in [0.2, 0.25) is 5.02 Å². The number of aromatic nitrogens is 2. The first-order valence-corrected chi connectivity index (χ1v) is 14.8. The summed E-state index contributed by atoms with van der Waals surface area (Å²) < 4.78 is 14.5. The number of rotatable bonds is 16. The summed E-state index contributed by atoms with van der Waals surface area (Å²) in [5, 5.41) is 0.738. The van der Waals surface area contributed by atoms with Crippen LogP contribution in [0, 0.1) is 0 Å². The van der Waals surface area contributed by atoms with Crippen molar-refractivity contribution >= 4 is 22.6 Å². The number of benzene rings is 3. The molecule has 0 spiro atoms. The summed E-state index contributed by atoms with van der Waals surface area (Å²) in [5.74, 6) is 2.94. The molecule has 0 aliphatic heterocycles. The van der Waals surface area contributed by atoms with Gasteiger partial charge in [0.2, 0.25) is 0 Å². The molecule has 4 rings (SSSR count). The van der Waals surface area contributed by atoms with Crippen molar-refractivity contribution in [2.75, 3.05) is 26.2 Å². The molecule has 6 heteroatoms. The van der Waals surface area contributed by atoms with E-state index in [0.717, 1.165) is 98.3 Å². The Morgan fingerprint density at radius 3 is 2.23 bits per heavy atom. The van der Waals surface area contributed by atoms with Crippen molar-refractivity contribution in [1.82, 2.24) is 14.5 Å². The molecule has 1 aromatic heterocycles. The molecule has 0 saturated heterocycles. The van der Waals surface area contributed by atoms with E-state index in [1.807, 2.05) is 24.3 Å². The van der Waals surface area contributed by atoms with E-state index in [1.165, 1.54) is 11.1 Å². The number of halogens is 1. The Hall–Kier alpha value is -3.02. The van der Waals surface area contributed by atoms with Crippen LogP contribution in [-0.4, -0.2) is 40.7 Å². The minimum absolute atomic E-state index is 0.527. The quantitative estimate of drug-likeness (QED) is 0.133. The molecule has 0 fully saturated rings. The predicted molar refractivity (Wildman–Crippen MR) is 162 cm³/mol. The summed E-state index contributed by atoms with van der Waals surface area (Å²) >= 11 is 5.97. The van der Waals surface area contributed by atoms with Gasteiger partial charge in [-0.05, 0) is 79.9 Å². The van der Waals surface area contributed by atoms with Gasteiger partial charge in [0.25, 0.3) is 0 Å². The lowest BCUT2D eigenvalue weighted by Crippen LogP contribution is -2.25. The second kappa shape index (κ2) is 14.9. The number of hydrogen-bond acceptors (Lipinski definition) is 4. The number of hydrogen-bond donors (Lipinski definition) is 0. The Morgan fingerprint density at radius 1 is 0.795 bits per heavy atom. The third-order valence-electron chi connectivity index (χ3n) is 7.20. The molecule has 208 valence electrons. The maximum absolute atomic E-state index is 6.13. The fourth-order valence-corrected chi connectivity index (χ4v) is 4.90. The summed E-state index contributed by atoms with van der Waals surface area (Å²) in [4.78, 5) is 7.45. The van der Waals surface area contributed by atoms with Crippen molar-refractivity contribution in [3.05, 3.63) is 88.7 Å². The molecule has 3 aromatic carbocycles. The summed E-state index contributed by atoms with van der Waals surface area (Å²) in [6.45, 7) is 12.1. The van der Waals surface area contributed by atoms with Crippen LogP contribution in [0.25, 0.3) is 11.0 Å². The lowest BCUT2D eigenvalue weighted by molar-refractivity contribution is 0.249. The van der Waals surface area contributed by atoms with E-state index in [1.54, 1.807) is 0 Å². The number of imidazole rings is 1. The van der Waals surface area contributed by atoms with Crippen LogP contribution in [0.5, 0.6) is 11.5 Å². The highest BCUT2D eigenvalue weighted by Crippen LogP contribution is 2.24. The monoisotopic (exact) mass is 547 g/mol. The standard InChI is InChI=1S/C33H42ClN3O2/c1-4-7-22-37-32-24-30(38-23-8-21-36(5-2)6-3)18-19-31(32)35-33(37)20-13-26-11-16-29(17-12-26)39-25-27-9-14-28(34)15-10-27/h9-12,14-19,24H,4-8,13,20-23,25H2,1-3H3. The van der Waals surface area contributed by atoms with Crippen molar-refractivity contribution in [2.24, 2.45) is 0 Å². The molecule has 1 heterocycles. The molecule has 0 aliphatic carbocycles. The Labute approximate surface area is 238 Å². The summed E-state index contributed by atoms with van der Waals surface area (Å²) in [6.07, 6.45) is 5.14. The average Bonchev–Trinajstić information content (AvgIpc) is 3.31. The molecule has 0 unspecified atom stereocenters. The Kier molecular flexibility index (Phi) is 11.1. The van der Waals surface area contributed by atoms with Gasteiger partial charge in [0.05, 0.1) is 17.6 Å². The zero-order chi connectivity index (χ0) is 27.5. The fraction of sp³-hybridized carbons (Fsp3) is 0.424. The Morgan fingerprint density at radius 2 is 1.51 bits per heavy atom. The second-order valence-corrected chi connectivity index (χ2v) is 10.4. The van der Waals surface area contributed by atoms with Crippen LogP contribution in [0.1, 0.15) is 57.0 Å². The van der Waals surface area contributed by atoms with Crippen LogP contribution in [-0.2, 0) is 26.0 Å². The molecule has 0 amide bonds. The van der Waals surface area contributed by atoms with E-state index < -0.39 is 0 Å². The molecule has 0 radical (unpaired) electrons. The topological polar surface area (TPSA) is 39.5 Å². The van der Waals surface area contributed by atoms with Crippen LogP contribution >= 0.6 is 11.6 Å². The molecular weight excluding hydrogens is 506 g/mol. The molecule has 4 aromatic rings. The lowest BCUT2D eigenvalue weighted by atomic mass is 10.1. The van der Waals surface area contributed by atoms with E-state index in [2.05, 4.69) is 72.7 Å². The molecule has 0 bridgehead atoms. The number of ether oxygens (including phenoxy) is 2. The molecule has 0 N–H and O–H groups in total. The smallest absolute Gasteiger partial charge is 0.121 e. The van der Waals surface area contributed by atoms with Gasteiger partial charge in [0.15, 0.2) is 0 Å². The van der Waals surface area contributed by atoms with Gasteiger partial charge in [-0.1, -0.05) is 63.1 Å². The fourth-order valence-electron chi connectivity index (χ4n) is 4.77. The first-order chi connectivity index (χ1) is 19.1. The van der Waals surface area contributed by atoms with Crippen LogP contribution in [0.4, 0.5) is 0 Å². The van der Waals surface area contributed by atoms with Gasteiger partial charge in [-0.25, -0.2) is 4.98 Å². The normalized spacial score (nSPS) is 11.4. The lowest BCUT2D eigenvalue weighted by Gasteiger charge is -2.17. The third kappa shape index (κ3) is 8.48. The number of nitrogens with zero attached hydrogens (tertiary/aromatic N) is 3. The third-order valence-corrected chi connectivity index (χ3v) is 7.45. The summed E-state index contributed by atoms with van der Waals surface area (Å²) in [7, 11) is 0. The van der Waals surface area contributed by atoms with E-state index in [9.17, 15) is 0 Å². The van der Waals surface area contributed by atoms with E-state index in [-0.39, 0.29) is 0 Å². The molecule has 5 nitrogen and oxygen atoms in total. The maximum atomic E-state index is 6.13. The Bertz CT molecular complexity index is 1280. The van der Waals surface area contributed by atoms with Gasteiger partial charge >= 0.3 is 0 Å². The van der Waals surface area contributed by atoms with Gasteiger partial charge in [-0.2, -0.15) is 0 Å². The highest BCUT2D eigenvalue weighted by Gasteiger charge is 2.12. The largest absolute Gasteiger partial charge is 0.493 e. The zero-order valence-electron chi connectivity index (χ0n) is 23.7. The number of aryl methyl sites for hydroxylation is 3. The van der Waals surface area contributed by atoms with Crippen molar-refractivity contribution in [3.63, 3.8) is 0 Å². The van der Waals surface area contributed by atoms with E-state index in [4.69, 9.17) is 26.1 Å². The first-order valence-electron chi connectivity index (χ1n) is 14.4. The van der Waals surface area contributed by atoms with Crippen molar-refractivity contribution in [3.8, 4) is 11.5 Å². The molecule has 0 aliphatic rings. The highest BCUT2D eigenvalue weighted by atomic mass is 35.5. The van der Waals surface area contributed by atoms with Gasteiger partial charge in [-0.15, -0.1) is 0 Å². The average molecular weight is 548 g/mol. The first kappa shape index (κ1) is 29.0. The highest BCUT2D eigenvalue weighted by molar-refractivity contribution is 6.30. The minimum Gasteiger partial charge on any atom is -0.493 e. The molecular formula is C33H42ClN3O2. The van der Waals surface area contributed by atoms with Gasteiger partial charge < -0.3 is 18.9 Å². The summed E-state index contributed by atoms with van der Waals surface area (Å²) in [5.41, 5.74) is 4.59. The van der Waals surface area contributed by atoms with Gasteiger partial charge in [0, 0.05) is 30.6 Å².